The van der Waals surface area contributed by atoms with E-state index in [-0.39, 0.29) is 41.8 Å². The number of allylic oxidation sites excluding steroid dienone is 1. The minimum atomic E-state index is -0.317. The van der Waals surface area contributed by atoms with Crippen LogP contribution < -0.4 is 21.3 Å². The Bertz CT molecular complexity index is 698. The summed E-state index contributed by atoms with van der Waals surface area (Å²) in [6, 6.07) is -0.117. The van der Waals surface area contributed by atoms with E-state index in [1.54, 1.807) is 14.0 Å². The Hall–Kier alpha value is -2.30. The summed E-state index contributed by atoms with van der Waals surface area (Å²) in [5, 5.41) is 11.4. The number of carbonyl (C=O) groups excluding carboxylic acids is 4. The number of nitrogens with zero attached hydrogens (tertiary/aromatic N) is 1. The van der Waals surface area contributed by atoms with E-state index in [2.05, 4.69) is 27.8 Å². The van der Waals surface area contributed by atoms with Gasteiger partial charge in [-0.05, 0) is 73.9 Å². The molecular weight excluding hydrogens is 462 g/mol. The molecule has 0 rings (SSSR count). The van der Waals surface area contributed by atoms with E-state index in [0.29, 0.717) is 57.5 Å². The van der Waals surface area contributed by atoms with Crippen LogP contribution >= 0.6 is 0 Å². The second-order valence-corrected chi connectivity index (χ2v) is 10.1. The molecule has 0 aromatic heterocycles. The van der Waals surface area contributed by atoms with E-state index < -0.39 is 0 Å². The maximum absolute atomic E-state index is 12.2. The van der Waals surface area contributed by atoms with Gasteiger partial charge in [0.15, 0.2) is 0 Å². The Morgan fingerprint density at radius 2 is 1.81 bits per heavy atom. The third-order valence-corrected chi connectivity index (χ3v) is 5.96. The molecule has 0 saturated heterocycles. The molecule has 0 aliphatic rings. The molecule has 0 aliphatic heterocycles. The molecule has 2 atom stereocenters. The maximum Gasteiger partial charge on any atom is 0.238 e. The highest BCUT2D eigenvalue weighted by Crippen LogP contribution is 2.10. The number of hydrogen-bond donors (Lipinski definition) is 4. The number of hydrogen-bond acceptors (Lipinski definition) is 7. The summed E-state index contributed by atoms with van der Waals surface area (Å²) < 4.78 is 5.74. The summed E-state index contributed by atoms with van der Waals surface area (Å²) >= 11 is 0. The highest BCUT2D eigenvalue weighted by molar-refractivity contribution is 5.81. The van der Waals surface area contributed by atoms with Crippen molar-refractivity contribution in [2.24, 2.45) is 0 Å². The summed E-state index contributed by atoms with van der Waals surface area (Å²) in [5.41, 5.74) is 0.355. The van der Waals surface area contributed by atoms with Crippen LogP contribution in [0.3, 0.4) is 0 Å². The topological polar surface area (TPSA) is 129 Å². The molecule has 36 heavy (non-hydrogen) atoms. The van der Waals surface area contributed by atoms with E-state index in [9.17, 15) is 19.2 Å². The van der Waals surface area contributed by atoms with Gasteiger partial charge in [-0.25, -0.2) is 0 Å². The average molecular weight is 512 g/mol. The lowest BCUT2D eigenvalue weighted by atomic mass is 10.0. The van der Waals surface area contributed by atoms with Gasteiger partial charge in [0.05, 0.1) is 18.7 Å². The number of Topliss-reactive ketones (excluding diaryl/α,β-unsaturated/α-hetero) is 1. The third-order valence-electron chi connectivity index (χ3n) is 5.96. The third kappa shape index (κ3) is 18.0. The summed E-state index contributed by atoms with van der Waals surface area (Å²) in [4.78, 5) is 48.1. The molecular formula is C26H49N5O5. The number of likely N-dealkylation sites (N-methyl/N-ethyl adjacent to an activating group) is 2. The van der Waals surface area contributed by atoms with E-state index in [1.165, 1.54) is 0 Å². The standard InChI is InChI=1S/C26H49N5O5/c1-20(10-8-9-11-23(27-6)22(3)33)30-25(35)18-31(7)16-15-28-24(34)13-12-21(2)36-17-14-26(4,5)29-19-32/h19,21,23,27H,1,8-18H2,2-7H3,(H,28,34)(H,29,32)(H,30,35). The number of amides is 3. The molecule has 0 saturated carbocycles. The molecule has 3 amide bonds. The quantitative estimate of drug-likeness (QED) is 0.128. The number of ketones is 1. The van der Waals surface area contributed by atoms with Gasteiger partial charge in [0, 0.05) is 37.4 Å². The molecule has 0 fully saturated rings. The van der Waals surface area contributed by atoms with Crippen LogP contribution in [0.25, 0.3) is 0 Å². The SMILES string of the molecule is C=C(CCCCC(NC)C(C)=O)NC(=O)CN(C)CCNC(=O)CCC(C)OCCC(C)(C)NC=O. The molecule has 0 bridgehead atoms. The minimum absolute atomic E-state index is 0.0510. The highest BCUT2D eigenvalue weighted by Gasteiger charge is 2.17. The number of carbonyl (C=O) groups is 4. The lowest BCUT2D eigenvalue weighted by molar-refractivity contribution is -0.122. The van der Waals surface area contributed by atoms with Crippen LogP contribution in [-0.2, 0) is 23.9 Å². The van der Waals surface area contributed by atoms with Crippen molar-refractivity contribution in [1.29, 1.82) is 0 Å². The van der Waals surface area contributed by atoms with Crippen LogP contribution in [0.5, 0.6) is 0 Å². The van der Waals surface area contributed by atoms with Crippen molar-refractivity contribution in [3.63, 3.8) is 0 Å². The van der Waals surface area contributed by atoms with Gasteiger partial charge in [-0.2, -0.15) is 0 Å². The fraction of sp³-hybridized carbons (Fsp3) is 0.769. The predicted octanol–water partition coefficient (Wildman–Crippen LogP) is 1.50. The number of nitrogens with one attached hydrogen (secondary N) is 4. The minimum Gasteiger partial charge on any atom is -0.378 e. The van der Waals surface area contributed by atoms with Gasteiger partial charge >= 0.3 is 0 Å². The van der Waals surface area contributed by atoms with Gasteiger partial charge < -0.3 is 26.0 Å². The zero-order chi connectivity index (χ0) is 27.6. The molecule has 0 heterocycles. The van der Waals surface area contributed by atoms with Gasteiger partial charge in [-0.3, -0.25) is 24.1 Å². The molecule has 0 aromatic carbocycles. The molecule has 0 radical (unpaired) electrons. The smallest absolute Gasteiger partial charge is 0.238 e. The lowest BCUT2D eigenvalue weighted by Gasteiger charge is -2.24. The molecule has 4 N–H and O–H groups in total. The first kappa shape index (κ1) is 33.7. The Labute approximate surface area is 217 Å². The fourth-order valence-electron chi connectivity index (χ4n) is 3.50. The largest absolute Gasteiger partial charge is 0.378 e. The Balaban J connectivity index is 3.93. The summed E-state index contributed by atoms with van der Waals surface area (Å²) in [5.74, 6) is -0.0544. The zero-order valence-corrected chi connectivity index (χ0v) is 23.2. The predicted molar refractivity (Wildman–Crippen MR) is 142 cm³/mol. The zero-order valence-electron chi connectivity index (χ0n) is 23.2. The second-order valence-electron chi connectivity index (χ2n) is 10.1. The van der Waals surface area contributed by atoms with Crippen LogP contribution in [0.2, 0.25) is 0 Å². The van der Waals surface area contributed by atoms with E-state index in [4.69, 9.17) is 4.74 Å². The van der Waals surface area contributed by atoms with Crippen molar-refractivity contribution in [1.82, 2.24) is 26.2 Å². The maximum atomic E-state index is 12.2. The van der Waals surface area contributed by atoms with Crippen LogP contribution in [0.4, 0.5) is 0 Å². The molecule has 2 unspecified atom stereocenters. The van der Waals surface area contributed by atoms with Crippen molar-refractivity contribution in [3.8, 4) is 0 Å². The van der Waals surface area contributed by atoms with Crippen LogP contribution in [0.15, 0.2) is 12.3 Å². The van der Waals surface area contributed by atoms with Gasteiger partial charge in [0.2, 0.25) is 18.2 Å². The van der Waals surface area contributed by atoms with Crippen LogP contribution in [-0.4, -0.2) is 86.9 Å². The molecule has 10 nitrogen and oxygen atoms in total. The van der Waals surface area contributed by atoms with Crippen molar-refractivity contribution in [3.05, 3.63) is 12.3 Å². The first-order valence-corrected chi connectivity index (χ1v) is 12.8. The fourth-order valence-corrected chi connectivity index (χ4v) is 3.50. The summed E-state index contributed by atoms with van der Waals surface area (Å²) in [6.07, 6.45) is 5.47. The van der Waals surface area contributed by atoms with E-state index in [1.807, 2.05) is 32.7 Å². The number of ether oxygens (including phenoxy) is 1. The first-order chi connectivity index (χ1) is 16.9. The van der Waals surface area contributed by atoms with Gasteiger partial charge in [-0.1, -0.05) is 13.0 Å². The Kier molecular flexibility index (Phi) is 17.7. The normalized spacial score (nSPS) is 13.1. The first-order valence-electron chi connectivity index (χ1n) is 12.8. The van der Waals surface area contributed by atoms with Crippen molar-refractivity contribution >= 4 is 24.0 Å². The monoisotopic (exact) mass is 511 g/mol. The highest BCUT2D eigenvalue weighted by atomic mass is 16.5. The number of unbranched alkanes of at least 4 members (excludes halogenated alkanes) is 1. The lowest BCUT2D eigenvalue weighted by Crippen LogP contribution is -2.39. The molecule has 0 aliphatic carbocycles. The van der Waals surface area contributed by atoms with E-state index in [0.717, 1.165) is 19.3 Å². The van der Waals surface area contributed by atoms with Gasteiger partial charge in [-0.15, -0.1) is 0 Å². The summed E-state index contributed by atoms with van der Waals surface area (Å²) in [6.45, 7) is 13.0. The van der Waals surface area contributed by atoms with Crippen molar-refractivity contribution in [2.45, 2.75) is 90.3 Å². The second kappa shape index (κ2) is 18.9. The van der Waals surface area contributed by atoms with Gasteiger partial charge in [0.1, 0.15) is 5.78 Å². The summed E-state index contributed by atoms with van der Waals surface area (Å²) in [7, 11) is 3.61. The molecule has 208 valence electrons. The van der Waals surface area contributed by atoms with Crippen molar-refractivity contribution in [2.75, 3.05) is 40.3 Å². The van der Waals surface area contributed by atoms with Crippen molar-refractivity contribution < 1.29 is 23.9 Å². The molecule has 0 aromatic rings. The molecule has 0 spiro atoms. The molecule has 10 heteroatoms. The Morgan fingerprint density at radius 1 is 1.11 bits per heavy atom. The van der Waals surface area contributed by atoms with Crippen LogP contribution in [0.1, 0.15) is 72.6 Å². The van der Waals surface area contributed by atoms with Crippen LogP contribution in [0, 0.1) is 0 Å². The van der Waals surface area contributed by atoms with E-state index >= 15 is 0 Å². The Morgan fingerprint density at radius 3 is 2.42 bits per heavy atom. The van der Waals surface area contributed by atoms with Gasteiger partial charge in [0.25, 0.3) is 0 Å². The average Bonchev–Trinajstić information content (AvgIpc) is 2.77. The number of rotatable bonds is 22.